The first-order valence-corrected chi connectivity index (χ1v) is 11.4. The van der Waals surface area contributed by atoms with Crippen molar-refractivity contribution in [3.63, 3.8) is 0 Å². The maximum absolute atomic E-state index is 12.5. The van der Waals surface area contributed by atoms with Gasteiger partial charge in [0.15, 0.2) is 0 Å². The molecule has 0 aromatic rings. The molecule has 0 aromatic heterocycles. The minimum absolute atomic E-state index is 0.0783. The van der Waals surface area contributed by atoms with Gasteiger partial charge in [-0.25, -0.2) is 4.57 Å². The number of ketones is 1. The van der Waals surface area contributed by atoms with Gasteiger partial charge in [0.2, 0.25) is 0 Å². The van der Waals surface area contributed by atoms with Gasteiger partial charge in [0.1, 0.15) is 5.78 Å². The lowest BCUT2D eigenvalue weighted by molar-refractivity contribution is -0.141. The average Bonchev–Trinajstić information content (AvgIpc) is 2.82. The number of phosphoric ester groups is 1. The van der Waals surface area contributed by atoms with Gasteiger partial charge in [-0.2, -0.15) is 0 Å². The Bertz CT molecular complexity index is 615. The monoisotopic (exact) mass is 370 g/mol. The van der Waals surface area contributed by atoms with Crippen LogP contribution in [0.5, 0.6) is 0 Å². The van der Waals surface area contributed by atoms with E-state index in [2.05, 4.69) is 13.8 Å². The van der Waals surface area contributed by atoms with Crippen LogP contribution in [0.25, 0.3) is 0 Å². The fraction of sp³-hybridized carbons (Fsp3) is 0.947. The summed E-state index contributed by atoms with van der Waals surface area (Å²) < 4.78 is 16.2. The molecule has 4 saturated carbocycles. The summed E-state index contributed by atoms with van der Waals surface area (Å²) in [5, 5.41) is 0. The van der Waals surface area contributed by atoms with Gasteiger partial charge in [0, 0.05) is 11.8 Å². The first-order valence-electron chi connectivity index (χ1n) is 9.91. The van der Waals surface area contributed by atoms with Gasteiger partial charge in [0.05, 0.1) is 6.10 Å². The molecule has 2 N–H and O–H groups in total. The second-order valence-corrected chi connectivity index (χ2v) is 10.8. The number of hydrogen-bond donors (Lipinski definition) is 2. The van der Waals surface area contributed by atoms with Crippen LogP contribution in [0.4, 0.5) is 0 Å². The third-order valence-corrected chi connectivity index (χ3v) is 9.19. The molecule has 25 heavy (non-hydrogen) atoms. The fourth-order valence-corrected chi connectivity index (χ4v) is 7.86. The predicted octanol–water partition coefficient (Wildman–Crippen LogP) is 4.08. The number of fused-ring (bicyclic) bond motifs is 5. The zero-order valence-electron chi connectivity index (χ0n) is 15.3. The molecule has 0 bridgehead atoms. The molecule has 0 aromatic carbocycles. The minimum atomic E-state index is -4.40. The van der Waals surface area contributed by atoms with Crippen molar-refractivity contribution in [1.29, 1.82) is 0 Å². The van der Waals surface area contributed by atoms with Crippen LogP contribution in [0.2, 0.25) is 0 Å². The topological polar surface area (TPSA) is 83.8 Å². The Morgan fingerprint density at radius 3 is 2.52 bits per heavy atom. The Morgan fingerprint density at radius 2 is 1.80 bits per heavy atom. The van der Waals surface area contributed by atoms with Crippen molar-refractivity contribution in [2.75, 3.05) is 0 Å². The number of carbonyl (C=O) groups excluding carboxylic acids is 1. The summed E-state index contributed by atoms with van der Waals surface area (Å²) >= 11 is 0. The number of phosphoric acid groups is 1. The standard InChI is InChI=1S/C19H31O5P/c1-18-9-7-13(24-25(21,22)23)11-12(18)3-4-14-15-5-6-17(20)19(15,2)10-8-16(14)18/h12-16H,3-11H2,1-2H3,(H2,21,22,23)/t12?,13-,14+,15+,16+,18+,19+/m1/s1. The summed E-state index contributed by atoms with van der Waals surface area (Å²) in [5.74, 6) is 2.85. The van der Waals surface area contributed by atoms with Crippen LogP contribution >= 0.6 is 7.82 Å². The highest BCUT2D eigenvalue weighted by Gasteiger charge is 2.60. The van der Waals surface area contributed by atoms with Crippen LogP contribution in [-0.4, -0.2) is 21.7 Å². The molecule has 4 fully saturated rings. The van der Waals surface area contributed by atoms with Crippen LogP contribution in [-0.2, 0) is 13.9 Å². The smallest absolute Gasteiger partial charge is 0.303 e. The Morgan fingerprint density at radius 1 is 1.04 bits per heavy atom. The zero-order valence-corrected chi connectivity index (χ0v) is 16.2. The average molecular weight is 370 g/mol. The first-order chi connectivity index (χ1) is 11.6. The zero-order chi connectivity index (χ0) is 18.0. The Hall–Kier alpha value is -0.220. The summed E-state index contributed by atoms with van der Waals surface area (Å²) in [6.45, 7) is 4.62. The Kier molecular flexibility index (Phi) is 4.28. The van der Waals surface area contributed by atoms with Crippen LogP contribution in [0, 0.1) is 34.5 Å². The molecule has 0 spiro atoms. The van der Waals surface area contributed by atoms with Crippen molar-refractivity contribution in [3.8, 4) is 0 Å². The molecule has 4 aliphatic carbocycles. The van der Waals surface area contributed by atoms with Crippen molar-refractivity contribution in [2.45, 2.75) is 77.7 Å². The second-order valence-electron chi connectivity index (χ2n) is 9.57. The van der Waals surface area contributed by atoms with E-state index in [1.807, 2.05) is 0 Å². The van der Waals surface area contributed by atoms with Crippen molar-refractivity contribution in [1.82, 2.24) is 0 Å². The molecule has 4 rings (SSSR count). The maximum Gasteiger partial charge on any atom is 0.469 e. The fourth-order valence-electron chi connectivity index (χ4n) is 7.28. The van der Waals surface area contributed by atoms with Crippen LogP contribution in [0.15, 0.2) is 0 Å². The van der Waals surface area contributed by atoms with Crippen LogP contribution in [0.3, 0.4) is 0 Å². The molecular formula is C19H31O5P. The van der Waals surface area contributed by atoms with Crippen molar-refractivity contribution in [2.24, 2.45) is 34.5 Å². The molecule has 5 nitrogen and oxygen atoms in total. The second kappa shape index (κ2) is 5.89. The van der Waals surface area contributed by atoms with E-state index >= 15 is 0 Å². The maximum atomic E-state index is 12.5. The van der Waals surface area contributed by atoms with E-state index in [0.29, 0.717) is 29.5 Å². The van der Waals surface area contributed by atoms with E-state index in [1.165, 1.54) is 6.42 Å². The normalized spacial score (nSPS) is 50.1. The lowest BCUT2D eigenvalue weighted by Crippen LogP contribution is -2.54. The van der Waals surface area contributed by atoms with Crippen molar-refractivity contribution < 1.29 is 23.7 Å². The first kappa shape index (κ1) is 18.2. The largest absolute Gasteiger partial charge is 0.469 e. The molecule has 0 saturated heterocycles. The van der Waals surface area contributed by atoms with E-state index in [1.54, 1.807) is 0 Å². The van der Waals surface area contributed by atoms with Crippen LogP contribution in [0.1, 0.15) is 71.6 Å². The molecule has 0 amide bonds. The number of Topliss-reactive ketones (excluding diaryl/α,β-unsaturated/α-hetero) is 1. The minimum Gasteiger partial charge on any atom is -0.303 e. The van der Waals surface area contributed by atoms with E-state index in [-0.39, 0.29) is 16.9 Å². The molecule has 6 heteroatoms. The molecule has 1 unspecified atom stereocenters. The number of rotatable bonds is 2. The lowest BCUT2D eigenvalue weighted by Gasteiger charge is -2.60. The summed E-state index contributed by atoms with van der Waals surface area (Å²) in [4.78, 5) is 30.7. The molecule has 142 valence electrons. The quantitative estimate of drug-likeness (QED) is 0.716. The van der Waals surface area contributed by atoms with E-state index in [0.717, 1.165) is 51.4 Å². The van der Waals surface area contributed by atoms with Gasteiger partial charge >= 0.3 is 7.82 Å². The third-order valence-electron chi connectivity index (χ3n) is 8.61. The molecule has 4 aliphatic rings. The van der Waals surface area contributed by atoms with Gasteiger partial charge in [-0.05, 0) is 80.5 Å². The van der Waals surface area contributed by atoms with Gasteiger partial charge < -0.3 is 9.79 Å². The highest BCUT2D eigenvalue weighted by molar-refractivity contribution is 7.46. The number of hydrogen-bond acceptors (Lipinski definition) is 3. The van der Waals surface area contributed by atoms with E-state index in [9.17, 15) is 9.36 Å². The Balaban J connectivity index is 1.53. The lowest BCUT2D eigenvalue weighted by atomic mass is 9.45. The van der Waals surface area contributed by atoms with Gasteiger partial charge in [-0.3, -0.25) is 9.32 Å². The number of carbonyl (C=O) groups is 1. The summed E-state index contributed by atoms with van der Waals surface area (Å²) in [5.41, 5.74) is 0.162. The predicted molar refractivity (Wildman–Crippen MR) is 93.7 cm³/mol. The van der Waals surface area contributed by atoms with Gasteiger partial charge in [-0.15, -0.1) is 0 Å². The van der Waals surface area contributed by atoms with E-state index in [4.69, 9.17) is 14.3 Å². The molecule has 0 aliphatic heterocycles. The summed E-state index contributed by atoms with van der Waals surface area (Å²) in [6.07, 6.45) is 8.47. The van der Waals surface area contributed by atoms with E-state index < -0.39 is 7.82 Å². The molecule has 0 radical (unpaired) electrons. The van der Waals surface area contributed by atoms with Crippen LogP contribution < -0.4 is 0 Å². The van der Waals surface area contributed by atoms with Gasteiger partial charge in [0.25, 0.3) is 0 Å². The Labute approximate surface area is 150 Å². The summed E-state index contributed by atoms with van der Waals surface area (Å²) in [6, 6.07) is 0. The highest BCUT2D eigenvalue weighted by Crippen LogP contribution is 2.65. The van der Waals surface area contributed by atoms with Crippen molar-refractivity contribution in [3.05, 3.63) is 0 Å². The molecular weight excluding hydrogens is 339 g/mol. The SMILES string of the molecule is C[C@]12CC[C@@H](OP(=O)(O)O)CC1CC[C@@H]1[C@@H]2CC[C@]2(C)C(=O)CC[C@@H]12. The van der Waals surface area contributed by atoms with Crippen molar-refractivity contribution >= 4 is 13.6 Å². The molecule has 7 atom stereocenters. The summed E-state index contributed by atoms with van der Waals surface area (Å²) in [7, 11) is -4.40. The van der Waals surface area contributed by atoms with Gasteiger partial charge in [-0.1, -0.05) is 13.8 Å². The third kappa shape index (κ3) is 2.86. The highest BCUT2D eigenvalue weighted by atomic mass is 31.2. The molecule has 0 heterocycles.